The van der Waals surface area contributed by atoms with Crippen molar-refractivity contribution >= 4 is 44.4 Å². The summed E-state index contributed by atoms with van der Waals surface area (Å²) in [6.45, 7) is 1.70. The van der Waals surface area contributed by atoms with Crippen molar-refractivity contribution < 1.29 is 13.2 Å². The van der Waals surface area contributed by atoms with E-state index in [0.29, 0.717) is 34.2 Å². The predicted molar refractivity (Wildman–Crippen MR) is 140 cm³/mol. The van der Waals surface area contributed by atoms with E-state index < -0.39 is 10.0 Å². The van der Waals surface area contributed by atoms with Gasteiger partial charge >= 0.3 is 0 Å². The van der Waals surface area contributed by atoms with Crippen LogP contribution in [0.4, 0.5) is 17.1 Å². The molecule has 182 valence electrons. The number of nitrogens with zero attached hydrogens (tertiary/aromatic N) is 1. The first-order chi connectivity index (χ1) is 16.4. The summed E-state index contributed by atoms with van der Waals surface area (Å²) >= 11 is 5.58. The van der Waals surface area contributed by atoms with Gasteiger partial charge in [-0.15, -0.1) is 0 Å². The fourth-order valence-electron chi connectivity index (χ4n) is 5.65. The Kier molecular flexibility index (Phi) is 6.57. The summed E-state index contributed by atoms with van der Waals surface area (Å²) in [4.78, 5) is 2.39. The van der Waals surface area contributed by atoms with Crippen LogP contribution >= 0.6 is 12.2 Å². The SMILES string of the molecule is COc1ccc(NS(=O)(=O)c2cc(NC(=S)N[C@H]3C[C@H]4CC[C@H]3C4)ccc2N2CCCC2)cc1. The maximum atomic E-state index is 13.5. The molecule has 3 atom stereocenters. The highest BCUT2D eigenvalue weighted by Crippen LogP contribution is 2.44. The van der Waals surface area contributed by atoms with E-state index in [2.05, 4.69) is 20.3 Å². The molecule has 0 amide bonds. The van der Waals surface area contributed by atoms with Gasteiger partial charge in [-0.3, -0.25) is 4.72 Å². The number of rotatable bonds is 7. The fourth-order valence-corrected chi connectivity index (χ4v) is 7.23. The van der Waals surface area contributed by atoms with Crippen LogP contribution in [0.25, 0.3) is 0 Å². The second-order valence-corrected chi connectivity index (χ2v) is 11.6. The van der Waals surface area contributed by atoms with E-state index in [4.69, 9.17) is 17.0 Å². The number of sulfonamides is 1. The number of fused-ring (bicyclic) bond motifs is 2. The van der Waals surface area contributed by atoms with Crippen LogP contribution in [0.2, 0.25) is 0 Å². The molecule has 2 aromatic rings. The predicted octanol–water partition coefficient (Wildman–Crippen LogP) is 4.57. The zero-order chi connectivity index (χ0) is 23.7. The molecule has 2 aliphatic carbocycles. The van der Waals surface area contributed by atoms with Gasteiger partial charge in [0.1, 0.15) is 10.6 Å². The van der Waals surface area contributed by atoms with Gasteiger partial charge in [-0.2, -0.15) is 0 Å². The highest BCUT2D eigenvalue weighted by Gasteiger charge is 2.39. The first-order valence-electron chi connectivity index (χ1n) is 12.0. The Morgan fingerprint density at radius 1 is 1.03 bits per heavy atom. The molecule has 9 heteroatoms. The minimum atomic E-state index is -3.82. The maximum absolute atomic E-state index is 13.5. The molecule has 0 unspecified atom stereocenters. The van der Waals surface area contributed by atoms with E-state index in [9.17, 15) is 8.42 Å². The Morgan fingerprint density at radius 3 is 2.41 bits per heavy atom. The van der Waals surface area contributed by atoms with Crippen molar-refractivity contribution in [2.24, 2.45) is 11.8 Å². The van der Waals surface area contributed by atoms with Crippen LogP contribution in [0.15, 0.2) is 47.4 Å². The van der Waals surface area contributed by atoms with Gasteiger partial charge in [0.05, 0.1) is 12.8 Å². The lowest BCUT2D eigenvalue weighted by atomic mass is 9.96. The number of ether oxygens (including phenoxy) is 1. The van der Waals surface area contributed by atoms with Crippen molar-refractivity contribution in [3.05, 3.63) is 42.5 Å². The van der Waals surface area contributed by atoms with Crippen molar-refractivity contribution in [1.82, 2.24) is 5.32 Å². The van der Waals surface area contributed by atoms with Crippen LogP contribution in [-0.4, -0.2) is 39.8 Å². The number of anilines is 3. The van der Waals surface area contributed by atoms with Crippen molar-refractivity contribution in [3.63, 3.8) is 0 Å². The van der Waals surface area contributed by atoms with E-state index >= 15 is 0 Å². The van der Waals surface area contributed by atoms with E-state index in [1.165, 1.54) is 25.7 Å². The Hall–Kier alpha value is -2.52. The molecule has 0 spiro atoms. The molecule has 2 saturated carbocycles. The van der Waals surface area contributed by atoms with E-state index in [1.54, 1.807) is 37.4 Å². The van der Waals surface area contributed by atoms with Crippen molar-refractivity contribution in [3.8, 4) is 5.75 Å². The number of hydrogen-bond donors (Lipinski definition) is 3. The largest absolute Gasteiger partial charge is 0.497 e. The Morgan fingerprint density at radius 2 is 1.76 bits per heavy atom. The van der Waals surface area contributed by atoms with Gasteiger partial charge in [0, 0.05) is 30.5 Å². The first kappa shape index (κ1) is 23.2. The fraction of sp³-hybridized carbons (Fsp3) is 0.480. The number of methoxy groups -OCH3 is 1. The Bertz CT molecular complexity index is 1150. The van der Waals surface area contributed by atoms with Crippen molar-refractivity contribution in [1.29, 1.82) is 0 Å². The molecule has 3 aliphatic rings. The Labute approximate surface area is 207 Å². The van der Waals surface area contributed by atoms with Gasteiger partial charge in [-0.05, 0) is 98.6 Å². The van der Waals surface area contributed by atoms with E-state index in [0.717, 1.165) is 37.5 Å². The molecule has 5 rings (SSSR count). The second-order valence-electron chi connectivity index (χ2n) is 9.59. The molecular formula is C25H32N4O3S2. The lowest BCUT2D eigenvalue weighted by Crippen LogP contribution is -2.40. The van der Waals surface area contributed by atoms with Crippen LogP contribution in [0, 0.1) is 11.8 Å². The summed E-state index contributed by atoms with van der Waals surface area (Å²) in [6, 6.07) is 12.8. The number of hydrogen-bond acceptors (Lipinski definition) is 5. The molecule has 1 aliphatic heterocycles. The average Bonchev–Trinajstić information content (AvgIpc) is 3.58. The van der Waals surface area contributed by atoms with Crippen LogP contribution in [0.5, 0.6) is 5.75 Å². The average molecular weight is 501 g/mol. The standard InChI is InChI=1S/C25H32N4O3S2/c1-32-21-9-6-19(7-10-21)28-34(30,31)24-16-20(8-11-23(24)29-12-2-3-13-29)26-25(33)27-22-15-17-4-5-18(22)14-17/h6-11,16-18,22,28H,2-5,12-15H2,1H3,(H2,26,27,33)/t17-,18-,22-/m0/s1. The molecular weight excluding hydrogens is 468 g/mol. The van der Waals surface area contributed by atoms with Gasteiger partial charge in [-0.1, -0.05) is 6.42 Å². The molecule has 34 heavy (non-hydrogen) atoms. The lowest BCUT2D eigenvalue weighted by Gasteiger charge is -2.25. The van der Waals surface area contributed by atoms with Gasteiger partial charge in [0.2, 0.25) is 0 Å². The summed E-state index contributed by atoms with van der Waals surface area (Å²) in [5.41, 5.74) is 1.87. The molecule has 7 nitrogen and oxygen atoms in total. The third-order valence-electron chi connectivity index (χ3n) is 7.35. The second kappa shape index (κ2) is 9.62. The summed E-state index contributed by atoms with van der Waals surface area (Å²) in [7, 11) is -2.24. The Balaban J connectivity index is 1.37. The zero-order valence-corrected chi connectivity index (χ0v) is 21.1. The number of benzene rings is 2. The molecule has 0 aromatic heterocycles. The quantitative estimate of drug-likeness (QED) is 0.480. The molecule has 1 saturated heterocycles. The molecule has 1 heterocycles. The maximum Gasteiger partial charge on any atom is 0.264 e. The molecule has 2 bridgehead atoms. The third-order valence-corrected chi connectivity index (χ3v) is 8.98. The van der Waals surface area contributed by atoms with Gasteiger partial charge in [0.25, 0.3) is 10.0 Å². The van der Waals surface area contributed by atoms with E-state index in [-0.39, 0.29) is 4.90 Å². The lowest BCUT2D eigenvalue weighted by molar-refractivity contribution is 0.392. The highest BCUT2D eigenvalue weighted by molar-refractivity contribution is 7.93. The van der Waals surface area contributed by atoms with Crippen LogP contribution in [-0.2, 0) is 10.0 Å². The third kappa shape index (κ3) is 4.95. The van der Waals surface area contributed by atoms with Crippen molar-refractivity contribution in [2.75, 3.05) is 35.1 Å². The normalized spacial score (nSPS) is 23.7. The highest BCUT2D eigenvalue weighted by atomic mass is 32.2. The van der Waals surface area contributed by atoms with Crippen LogP contribution in [0.1, 0.15) is 38.5 Å². The molecule has 0 radical (unpaired) electrons. The smallest absolute Gasteiger partial charge is 0.264 e. The monoisotopic (exact) mass is 500 g/mol. The summed E-state index contributed by atoms with van der Waals surface area (Å²) in [6.07, 6.45) is 7.19. The molecule has 2 aromatic carbocycles. The molecule has 3 N–H and O–H groups in total. The minimum absolute atomic E-state index is 0.248. The first-order valence-corrected chi connectivity index (χ1v) is 13.9. The van der Waals surface area contributed by atoms with Gasteiger partial charge in [-0.25, -0.2) is 8.42 Å². The summed E-state index contributed by atoms with van der Waals surface area (Å²) < 4.78 is 34.9. The van der Waals surface area contributed by atoms with Crippen LogP contribution in [0.3, 0.4) is 0 Å². The topological polar surface area (TPSA) is 82.7 Å². The zero-order valence-electron chi connectivity index (χ0n) is 19.4. The minimum Gasteiger partial charge on any atom is -0.497 e. The summed E-state index contributed by atoms with van der Waals surface area (Å²) in [5.74, 6) is 2.20. The summed E-state index contributed by atoms with van der Waals surface area (Å²) in [5, 5.41) is 7.25. The van der Waals surface area contributed by atoms with E-state index in [1.807, 2.05) is 12.1 Å². The van der Waals surface area contributed by atoms with Crippen LogP contribution < -0.4 is 25.0 Å². The van der Waals surface area contributed by atoms with Gasteiger partial charge in [0.15, 0.2) is 5.11 Å². The molecule has 3 fully saturated rings. The number of thiocarbonyl (C=S) groups is 1. The van der Waals surface area contributed by atoms with Gasteiger partial charge < -0.3 is 20.3 Å². The van der Waals surface area contributed by atoms with Crippen molar-refractivity contribution in [2.45, 2.75) is 49.5 Å². The number of nitrogens with one attached hydrogen (secondary N) is 3.